The SMILES string of the molecule is O=C(NC1(C(=O)OCCCl)CCCC1)OCCCl. The fourth-order valence-electron chi connectivity index (χ4n) is 1.99. The number of carbonyl (C=O) groups is 2. The van der Waals surface area contributed by atoms with E-state index in [0.29, 0.717) is 12.8 Å². The smallest absolute Gasteiger partial charge is 0.408 e. The van der Waals surface area contributed by atoms with Crippen LogP contribution in [0.25, 0.3) is 0 Å². The molecule has 1 aliphatic rings. The molecule has 0 atom stereocenters. The zero-order valence-corrected chi connectivity index (χ0v) is 11.6. The fourth-order valence-corrected chi connectivity index (χ4v) is 2.15. The summed E-state index contributed by atoms with van der Waals surface area (Å²) in [5.74, 6) is 0.0128. The van der Waals surface area contributed by atoms with Gasteiger partial charge in [-0.15, -0.1) is 23.2 Å². The molecular weight excluding hydrogens is 281 g/mol. The third-order valence-corrected chi connectivity index (χ3v) is 3.12. The van der Waals surface area contributed by atoms with E-state index < -0.39 is 17.6 Å². The summed E-state index contributed by atoms with van der Waals surface area (Å²) in [6.45, 7) is 0.251. The number of alkyl halides is 2. The molecule has 0 bridgehead atoms. The summed E-state index contributed by atoms with van der Waals surface area (Å²) in [5, 5.41) is 2.60. The van der Waals surface area contributed by atoms with Crippen LogP contribution in [0.15, 0.2) is 0 Å². The van der Waals surface area contributed by atoms with Crippen LogP contribution in [0.2, 0.25) is 0 Å². The number of rotatable bonds is 6. The summed E-state index contributed by atoms with van der Waals surface area (Å²) < 4.78 is 9.83. The van der Waals surface area contributed by atoms with Crippen LogP contribution in [-0.2, 0) is 14.3 Å². The van der Waals surface area contributed by atoms with E-state index in [1.807, 2.05) is 0 Å². The molecule has 1 aliphatic carbocycles. The number of nitrogens with one attached hydrogen (secondary N) is 1. The zero-order chi connectivity index (χ0) is 13.4. The van der Waals surface area contributed by atoms with Gasteiger partial charge in [-0.05, 0) is 12.8 Å². The van der Waals surface area contributed by atoms with Crippen LogP contribution >= 0.6 is 23.2 Å². The van der Waals surface area contributed by atoms with Crippen molar-refractivity contribution >= 4 is 35.3 Å². The molecule has 1 saturated carbocycles. The predicted molar refractivity (Wildman–Crippen MR) is 68.1 cm³/mol. The Balaban J connectivity index is 2.57. The molecule has 1 fully saturated rings. The highest BCUT2D eigenvalue weighted by Gasteiger charge is 2.44. The third kappa shape index (κ3) is 4.21. The minimum atomic E-state index is -0.963. The van der Waals surface area contributed by atoms with Crippen LogP contribution in [0.5, 0.6) is 0 Å². The summed E-state index contributed by atoms with van der Waals surface area (Å²) in [6.07, 6.45) is 2.21. The Kier molecular flexibility index (Phi) is 6.57. The summed E-state index contributed by atoms with van der Waals surface area (Å²) in [5.41, 5.74) is -0.963. The van der Waals surface area contributed by atoms with Gasteiger partial charge in [-0.25, -0.2) is 9.59 Å². The molecule has 1 amide bonds. The first kappa shape index (κ1) is 15.4. The number of halogens is 2. The molecule has 0 aromatic rings. The van der Waals surface area contributed by atoms with E-state index in [1.54, 1.807) is 0 Å². The average molecular weight is 298 g/mol. The van der Waals surface area contributed by atoms with Crippen molar-refractivity contribution in [2.24, 2.45) is 0 Å². The average Bonchev–Trinajstić information content (AvgIpc) is 2.83. The first-order valence-corrected chi connectivity index (χ1v) is 6.95. The van der Waals surface area contributed by atoms with Gasteiger partial charge >= 0.3 is 12.1 Å². The van der Waals surface area contributed by atoms with Gasteiger partial charge in [0, 0.05) is 0 Å². The molecule has 1 rings (SSSR count). The van der Waals surface area contributed by atoms with Gasteiger partial charge in [0.15, 0.2) is 0 Å². The van der Waals surface area contributed by atoms with Crippen LogP contribution in [-0.4, -0.2) is 42.6 Å². The van der Waals surface area contributed by atoms with Crippen molar-refractivity contribution in [3.8, 4) is 0 Å². The maximum Gasteiger partial charge on any atom is 0.408 e. The second kappa shape index (κ2) is 7.69. The van der Waals surface area contributed by atoms with Crippen molar-refractivity contribution in [2.75, 3.05) is 25.0 Å². The normalized spacial score (nSPS) is 17.2. The van der Waals surface area contributed by atoms with Crippen molar-refractivity contribution < 1.29 is 19.1 Å². The molecule has 0 aromatic carbocycles. The number of hydrogen-bond acceptors (Lipinski definition) is 4. The van der Waals surface area contributed by atoms with Gasteiger partial charge in [-0.1, -0.05) is 12.8 Å². The highest BCUT2D eigenvalue weighted by atomic mass is 35.5. The lowest BCUT2D eigenvalue weighted by Gasteiger charge is -2.27. The molecule has 0 saturated heterocycles. The summed E-state index contributed by atoms with van der Waals surface area (Å²) in [6, 6.07) is 0. The first-order valence-electron chi connectivity index (χ1n) is 5.89. The van der Waals surface area contributed by atoms with Crippen molar-refractivity contribution in [1.82, 2.24) is 5.32 Å². The Bertz CT molecular complexity index is 293. The molecule has 104 valence electrons. The Hall–Kier alpha value is -0.680. The monoisotopic (exact) mass is 297 g/mol. The zero-order valence-electron chi connectivity index (χ0n) is 10.0. The van der Waals surface area contributed by atoms with Crippen LogP contribution in [0.4, 0.5) is 4.79 Å². The topological polar surface area (TPSA) is 64.6 Å². The van der Waals surface area contributed by atoms with Crippen molar-refractivity contribution in [2.45, 2.75) is 31.2 Å². The van der Waals surface area contributed by atoms with E-state index in [-0.39, 0.29) is 25.0 Å². The number of ether oxygens (including phenoxy) is 2. The predicted octanol–water partition coefficient (Wildman–Crippen LogP) is 2.05. The maximum absolute atomic E-state index is 12.0. The highest BCUT2D eigenvalue weighted by Crippen LogP contribution is 2.31. The van der Waals surface area contributed by atoms with Crippen LogP contribution < -0.4 is 5.32 Å². The number of carbonyl (C=O) groups excluding carboxylic acids is 2. The van der Waals surface area contributed by atoms with E-state index in [2.05, 4.69) is 5.32 Å². The van der Waals surface area contributed by atoms with Crippen molar-refractivity contribution in [1.29, 1.82) is 0 Å². The van der Waals surface area contributed by atoms with Crippen molar-refractivity contribution in [3.63, 3.8) is 0 Å². The molecule has 1 N–H and O–H groups in total. The molecule has 18 heavy (non-hydrogen) atoms. The van der Waals surface area contributed by atoms with Crippen molar-refractivity contribution in [3.05, 3.63) is 0 Å². The van der Waals surface area contributed by atoms with Gasteiger partial charge in [0.05, 0.1) is 11.8 Å². The van der Waals surface area contributed by atoms with E-state index >= 15 is 0 Å². The number of esters is 1. The lowest BCUT2D eigenvalue weighted by atomic mass is 9.98. The highest BCUT2D eigenvalue weighted by molar-refractivity contribution is 6.18. The van der Waals surface area contributed by atoms with Gasteiger partial charge in [-0.3, -0.25) is 0 Å². The largest absolute Gasteiger partial charge is 0.463 e. The Labute approximate surface area is 116 Å². The van der Waals surface area contributed by atoms with E-state index in [0.717, 1.165) is 12.8 Å². The van der Waals surface area contributed by atoms with E-state index in [4.69, 9.17) is 32.7 Å². The lowest BCUT2D eigenvalue weighted by molar-refractivity contribution is -0.150. The maximum atomic E-state index is 12.0. The molecule has 0 aromatic heterocycles. The van der Waals surface area contributed by atoms with Crippen LogP contribution in [0, 0.1) is 0 Å². The second-order valence-electron chi connectivity index (χ2n) is 4.06. The minimum Gasteiger partial charge on any atom is -0.463 e. The molecular formula is C11H17Cl2NO4. The Morgan fingerprint density at radius 1 is 1.06 bits per heavy atom. The third-order valence-electron chi connectivity index (χ3n) is 2.81. The van der Waals surface area contributed by atoms with Gasteiger partial charge in [0.1, 0.15) is 18.8 Å². The first-order chi connectivity index (χ1) is 8.64. The van der Waals surface area contributed by atoms with Gasteiger partial charge < -0.3 is 14.8 Å². The van der Waals surface area contributed by atoms with Gasteiger partial charge in [-0.2, -0.15) is 0 Å². The van der Waals surface area contributed by atoms with Crippen LogP contribution in [0.3, 0.4) is 0 Å². The van der Waals surface area contributed by atoms with Crippen LogP contribution in [0.1, 0.15) is 25.7 Å². The molecule has 7 heteroatoms. The van der Waals surface area contributed by atoms with E-state index in [9.17, 15) is 9.59 Å². The summed E-state index contributed by atoms with van der Waals surface area (Å²) >= 11 is 10.9. The van der Waals surface area contributed by atoms with E-state index in [1.165, 1.54) is 0 Å². The molecule has 0 aliphatic heterocycles. The summed E-state index contributed by atoms with van der Waals surface area (Å²) in [7, 11) is 0. The number of alkyl carbamates (subject to hydrolysis) is 1. The molecule has 0 unspecified atom stereocenters. The minimum absolute atomic E-state index is 0.111. The number of hydrogen-bond donors (Lipinski definition) is 1. The molecule has 0 heterocycles. The molecule has 0 spiro atoms. The fraction of sp³-hybridized carbons (Fsp3) is 0.818. The van der Waals surface area contributed by atoms with Gasteiger partial charge in [0.2, 0.25) is 0 Å². The molecule has 5 nitrogen and oxygen atoms in total. The quantitative estimate of drug-likeness (QED) is 0.602. The Morgan fingerprint density at radius 2 is 1.61 bits per heavy atom. The second-order valence-corrected chi connectivity index (χ2v) is 4.82. The summed E-state index contributed by atoms with van der Waals surface area (Å²) in [4.78, 5) is 23.5. The van der Waals surface area contributed by atoms with Gasteiger partial charge in [0.25, 0.3) is 0 Å². The lowest BCUT2D eigenvalue weighted by Crippen LogP contribution is -2.53. The number of amides is 1. The Morgan fingerprint density at radius 3 is 2.17 bits per heavy atom. The standard InChI is InChI=1S/C11H17Cl2NO4/c12-5-7-17-9(15)11(3-1-2-4-11)14-10(16)18-8-6-13/h1-8H2,(H,14,16). The molecule has 0 radical (unpaired) electrons.